The molecule has 0 aliphatic heterocycles. The Morgan fingerprint density at radius 1 is 0.743 bits per heavy atom. The highest BCUT2D eigenvalue weighted by atomic mass is 28.3. The molecule has 0 unspecified atom stereocenters. The van der Waals surface area contributed by atoms with Crippen molar-refractivity contribution < 1.29 is 4.57 Å². The Balaban J connectivity index is 2.28. The number of rotatable bonds is 9. The Morgan fingerprint density at radius 2 is 1.31 bits per heavy atom. The van der Waals surface area contributed by atoms with Gasteiger partial charge in [-0.3, -0.25) is 0 Å². The molecule has 0 N–H and O–H groups in total. The summed E-state index contributed by atoms with van der Waals surface area (Å²) in [5.41, 5.74) is 8.51. The lowest BCUT2D eigenvalue weighted by Crippen LogP contribution is -2.50. The number of hydrogen-bond donors (Lipinski definition) is 0. The number of aryl methyl sites for hydroxylation is 2. The predicted octanol–water partition coefficient (Wildman–Crippen LogP) is 8.44. The maximum atomic E-state index is 2.59. The Bertz CT molecular complexity index is 1160. The first-order valence-electron chi connectivity index (χ1n) is 13.9. The minimum Gasteiger partial charge on any atom is -0.200 e. The van der Waals surface area contributed by atoms with Crippen LogP contribution in [0, 0.1) is 38.5 Å². The molecule has 1 nitrogen and oxygen atoms in total. The molecule has 0 atom stereocenters. The highest BCUT2D eigenvalue weighted by molar-refractivity contribution is 6.92. The molecule has 1 aromatic heterocycles. The molecule has 0 bridgehead atoms. The molecule has 2 heteroatoms. The number of nitrogens with zero attached hydrogens (tertiary/aromatic N) is 1. The number of benzene rings is 2. The number of pyridine rings is 1. The van der Waals surface area contributed by atoms with E-state index in [1.807, 2.05) is 0 Å². The van der Waals surface area contributed by atoms with Gasteiger partial charge in [-0.1, -0.05) is 83.9 Å². The van der Waals surface area contributed by atoms with Crippen LogP contribution in [0.4, 0.5) is 0 Å². The van der Waals surface area contributed by atoms with Crippen molar-refractivity contribution in [2.24, 2.45) is 24.8 Å². The average molecular weight is 489 g/mol. The number of aromatic nitrogens is 1. The van der Waals surface area contributed by atoms with Gasteiger partial charge in [0, 0.05) is 6.07 Å². The van der Waals surface area contributed by atoms with Gasteiger partial charge in [-0.2, -0.15) is 0 Å². The molecule has 0 aliphatic rings. The fourth-order valence-corrected chi connectivity index (χ4v) is 13.5. The van der Waals surface area contributed by atoms with Crippen LogP contribution >= 0.6 is 0 Å². The summed E-state index contributed by atoms with van der Waals surface area (Å²) in [5.74, 6) is 2.22. The van der Waals surface area contributed by atoms with Crippen molar-refractivity contribution in [3.63, 3.8) is 0 Å². The molecule has 2 aromatic carbocycles. The van der Waals surface area contributed by atoms with Crippen molar-refractivity contribution in [1.82, 2.24) is 0 Å². The zero-order valence-corrected chi connectivity index (χ0v) is 25.5. The monoisotopic (exact) mass is 488 g/mol. The van der Waals surface area contributed by atoms with E-state index in [0.29, 0.717) is 0 Å². The fraction of sp³-hybridized carbons (Fsp3) is 0.545. The third-order valence-electron chi connectivity index (χ3n) is 8.11. The van der Waals surface area contributed by atoms with Gasteiger partial charge in [0.25, 0.3) is 0 Å². The van der Waals surface area contributed by atoms with Gasteiger partial charge in [0.05, 0.1) is 19.0 Å². The molecule has 1 heterocycles. The van der Waals surface area contributed by atoms with Crippen LogP contribution in [0.3, 0.4) is 0 Å². The van der Waals surface area contributed by atoms with E-state index in [1.165, 1.54) is 62.4 Å². The summed E-state index contributed by atoms with van der Waals surface area (Å²) in [6, 6.07) is 16.5. The van der Waals surface area contributed by atoms with Crippen LogP contribution in [0.2, 0.25) is 18.1 Å². The normalized spacial score (nSPS) is 12.5. The van der Waals surface area contributed by atoms with Crippen molar-refractivity contribution in [2.75, 3.05) is 0 Å². The third kappa shape index (κ3) is 5.74. The first-order valence-corrected chi connectivity index (χ1v) is 16.5. The summed E-state index contributed by atoms with van der Waals surface area (Å²) in [5, 5.41) is 4.46. The van der Waals surface area contributed by atoms with Gasteiger partial charge in [-0.05, 0) is 84.7 Å². The minimum absolute atomic E-state index is 0.740. The molecule has 190 valence electrons. The van der Waals surface area contributed by atoms with Crippen molar-refractivity contribution in [3.8, 4) is 11.3 Å². The van der Waals surface area contributed by atoms with Gasteiger partial charge in [-0.15, -0.1) is 0 Å². The van der Waals surface area contributed by atoms with E-state index in [9.17, 15) is 0 Å². The lowest BCUT2D eigenvalue weighted by atomic mass is 9.90. The summed E-state index contributed by atoms with van der Waals surface area (Å²) in [7, 11) is 0.569. The van der Waals surface area contributed by atoms with Crippen LogP contribution in [-0.4, -0.2) is 8.07 Å². The van der Waals surface area contributed by atoms with Crippen molar-refractivity contribution in [2.45, 2.75) is 93.8 Å². The molecule has 3 rings (SSSR count). The lowest BCUT2D eigenvalue weighted by Gasteiger charge is -2.37. The van der Waals surface area contributed by atoms with E-state index in [4.69, 9.17) is 0 Å². The molecular weight excluding hydrogens is 438 g/mol. The SMILES string of the molecule is CCc1cc(-c2c3ccc([Si](CC(C)C)(CC(C)C)CC(C)C)cc3cc[n+]2C)c(C)c(C)c1C. The molecule has 0 saturated carbocycles. The van der Waals surface area contributed by atoms with Gasteiger partial charge >= 0.3 is 0 Å². The van der Waals surface area contributed by atoms with Crippen LogP contribution in [0.1, 0.15) is 70.7 Å². The molecule has 0 radical (unpaired) electrons. The van der Waals surface area contributed by atoms with E-state index in [-0.39, 0.29) is 0 Å². The van der Waals surface area contributed by atoms with E-state index < -0.39 is 8.07 Å². The quantitative estimate of drug-likeness (QED) is 0.210. The molecule has 0 amide bonds. The molecule has 0 spiro atoms. The standard InChI is InChI=1S/C33H50NSi/c1-12-28-18-32(27(10)25(8)26(28)9)33-31-14-13-30(17-29(31)15-16-34(33)11)35(19-22(2)3,20-23(4)5)21-24(6)7/h13-18,22-24H,12,19-21H2,1-11H3/q+1. The van der Waals surface area contributed by atoms with Crippen molar-refractivity contribution >= 4 is 24.0 Å². The van der Waals surface area contributed by atoms with Gasteiger partial charge < -0.3 is 0 Å². The Labute approximate surface area is 217 Å². The van der Waals surface area contributed by atoms with Crippen LogP contribution in [0.15, 0.2) is 36.5 Å². The van der Waals surface area contributed by atoms with Crippen molar-refractivity contribution in [1.29, 1.82) is 0 Å². The average Bonchev–Trinajstić information content (AvgIpc) is 2.76. The maximum absolute atomic E-state index is 2.59. The van der Waals surface area contributed by atoms with E-state index in [1.54, 1.807) is 5.19 Å². The first kappa shape index (κ1) is 27.7. The summed E-state index contributed by atoms with van der Waals surface area (Å²) < 4.78 is 2.33. The molecule has 0 fully saturated rings. The highest BCUT2D eigenvalue weighted by Crippen LogP contribution is 2.35. The summed E-state index contributed by atoms with van der Waals surface area (Å²) in [6.07, 6.45) is 3.35. The third-order valence-corrected chi connectivity index (χ3v) is 14.4. The Kier molecular flexibility index (Phi) is 8.68. The van der Waals surface area contributed by atoms with Crippen LogP contribution in [0.5, 0.6) is 0 Å². The highest BCUT2D eigenvalue weighted by Gasteiger charge is 2.37. The molecular formula is C33H50NSi+. The van der Waals surface area contributed by atoms with E-state index in [2.05, 4.69) is 117 Å². The Hall–Kier alpha value is -1.93. The van der Waals surface area contributed by atoms with Gasteiger partial charge in [-0.25, -0.2) is 4.57 Å². The molecule has 0 aliphatic carbocycles. The van der Waals surface area contributed by atoms with Crippen LogP contribution in [0.25, 0.3) is 22.0 Å². The van der Waals surface area contributed by atoms with Crippen LogP contribution < -0.4 is 9.75 Å². The smallest absolute Gasteiger partial charge is 0.200 e. The molecule has 35 heavy (non-hydrogen) atoms. The molecule has 3 aromatic rings. The summed E-state index contributed by atoms with van der Waals surface area (Å²) in [6.45, 7) is 23.7. The second-order valence-electron chi connectivity index (χ2n) is 12.5. The van der Waals surface area contributed by atoms with E-state index >= 15 is 0 Å². The Morgan fingerprint density at radius 3 is 1.83 bits per heavy atom. The van der Waals surface area contributed by atoms with Gasteiger partial charge in [0.2, 0.25) is 5.69 Å². The predicted molar refractivity (Wildman–Crippen MR) is 158 cm³/mol. The first-order chi connectivity index (χ1) is 16.4. The summed E-state index contributed by atoms with van der Waals surface area (Å²) in [4.78, 5) is 0. The zero-order valence-electron chi connectivity index (χ0n) is 24.5. The second-order valence-corrected chi connectivity index (χ2v) is 16.8. The summed E-state index contributed by atoms with van der Waals surface area (Å²) >= 11 is 0. The zero-order chi connectivity index (χ0) is 26.1. The topological polar surface area (TPSA) is 3.88 Å². The molecule has 0 saturated heterocycles. The second kappa shape index (κ2) is 11.0. The fourth-order valence-electron chi connectivity index (χ4n) is 6.71. The largest absolute Gasteiger partial charge is 0.220 e. The van der Waals surface area contributed by atoms with Crippen LogP contribution in [-0.2, 0) is 13.5 Å². The number of hydrogen-bond acceptors (Lipinski definition) is 0. The van der Waals surface area contributed by atoms with Crippen molar-refractivity contribution in [3.05, 3.63) is 58.8 Å². The minimum atomic E-state index is -1.64. The van der Waals surface area contributed by atoms with E-state index in [0.717, 1.165) is 24.2 Å². The maximum Gasteiger partial charge on any atom is 0.220 e. The van der Waals surface area contributed by atoms with Gasteiger partial charge in [0.15, 0.2) is 6.20 Å². The van der Waals surface area contributed by atoms with Gasteiger partial charge in [0.1, 0.15) is 7.05 Å². The number of fused-ring (bicyclic) bond motifs is 1. The lowest BCUT2D eigenvalue weighted by molar-refractivity contribution is -0.659.